The van der Waals surface area contributed by atoms with E-state index in [1.165, 1.54) is 0 Å². The first kappa shape index (κ1) is 23.2. The van der Waals surface area contributed by atoms with E-state index in [0.717, 1.165) is 35.2 Å². The number of aromatic nitrogens is 1. The van der Waals surface area contributed by atoms with Crippen molar-refractivity contribution >= 4 is 28.6 Å². The first-order valence-electron chi connectivity index (χ1n) is 10.1. The molecule has 2 rings (SSSR count). The molecule has 9 heteroatoms. The second kappa shape index (κ2) is 11.8. The van der Waals surface area contributed by atoms with Crippen LogP contribution in [0.15, 0.2) is 30.5 Å². The fourth-order valence-electron chi connectivity index (χ4n) is 3.05. The topological polar surface area (TPSA) is 139 Å². The molecular formula is C21H31N5O4. The zero-order valence-electron chi connectivity index (χ0n) is 17.5. The number of carbonyl (C=O) groups is 2. The summed E-state index contributed by atoms with van der Waals surface area (Å²) in [7, 11) is 1.64. The Balaban J connectivity index is 1.69. The van der Waals surface area contributed by atoms with Gasteiger partial charge in [0, 0.05) is 36.8 Å². The predicted octanol–water partition coefficient (Wildman–Crippen LogP) is 2.32. The van der Waals surface area contributed by atoms with Gasteiger partial charge in [0.15, 0.2) is 0 Å². The van der Waals surface area contributed by atoms with Gasteiger partial charge >= 0.3 is 12.0 Å². The number of ether oxygens (including phenoxy) is 1. The van der Waals surface area contributed by atoms with Crippen LogP contribution in [0, 0.1) is 0 Å². The highest BCUT2D eigenvalue weighted by Gasteiger charge is 2.11. The number of amides is 2. The number of carboxylic acids is 1. The zero-order valence-corrected chi connectivity index (χ0v) is 17.5. The molecule has 1 aromatic carbocycles. The molecule has 9 nitrogen and oxygen atoms in total. The van der Waals surface area contributed by atoms with Crippen molar-refractivity contribution in [3.63, 3.8) is 0 Å². The molecule has 2 atom stereocenters. The molecule has 2 amide bonds. The Hall–Kier alpha value is -3.07. The molecule has 0 aliphatic heterocycles. The molecular weight excluding hydrogens is 386 g/mol. The number of benzene rings is 1. The summed E-state index contributed by atoms with van der Waals surface area (Å²) in [5.41, 5.74) is 7.23. The van der Waals surface area contributed by atoms with Gasteiger partial charge in [-0.15, -0.1) is 0 Å². The van der Waals surface area contributed by atoms with Gasteiger partial charge in [-0.2, -0.15) is 0 Å². The summed E-state index contributed by atoms with van der Waals surface area (Å²) >= 11 is 0. The first-order valence-corrected chi connectivity index (χ1v) is 10.1. The minimum atomic E-state index is -1.03. The summed E-state index contributed by atoms with van der Waals surface area (Å²) < 4.78 is 5.38. The van der Waals surface area contributed by atoms with E-state index in [1.54, 1.807) is 13.3 Å². The van der Waals surface area contributed by atoms with Gasteiger partial charge in [0.05, 0.1) is 18.3 Å². The van der Waals surface area contributed by atoms with E-state index in [1.807, 2.05) is 24.3 Å². The number of rotatable bonds is 12. The van der Waals surface area contributed by atoms with Gasteiger partial charge in [-0.3, -0.25) is 9.78 Å². The van der Waals surface area contributed by atoms with Gasteiger partial charge in [0.1, 0.15) is 11.8 Å². The SMILES string of the molecule is COc1cc(NC(C)CCCNC(=O)NCCC[C@@H](N)C(=O)O)c2ncccc2c1. The fraction of sp³-hybridized carbons (Fsp3) is 0.476. The lowest BCUT2D eigenvalue weighted by Crippen LogP contribution is -2.37. The summed E-state index contributed by atoms with van der Waals surface area (Å²) in [6, 6.07) is 6.82. The summed E-state index contributed by atoms with van der Waals surface area (Å²) in [5.74, 6) is -0.257. The van der Waals surface area contributed by atoms with Gasteiger partial charge < -0.3 is 31.5 Å². The van der Waals surface area contributed by atoms with Gasteiger partial charge in [0.2, 0.25) is 0 Å². The average molecular weight is 418 g/mol. The first-order chi connectivity index (χ1) is 14.4. The lowest BCUT2D eigenvalue weighted by molar-refractivity contribution is -0.138. The number of anilines is 1. The molecule has 0 bridgehead atoms. The van der Waals surface area contributed by atoms with Crippen molar-refractivity contribution in [1.82, 2.24) is 15.6 Å². The maximum absolute atomic E-state index is 11.8. The third-order valence-corrected chi connectivity index (χ3v) is 4.71. The maximum atomic E-state index is 11.8. The van der Waals surface area contributed by atoms with Crippen LogP contribution >= 0.6 is 0 Å². The van der Waals surface area contributed by atoms with E-state index in [4.69, 9.17) is 15.6 Å². The smallest absolute Gasteiger partial charge is 0.320 e. The molecule has 30 heavy (non-hydrogen) atoms. The van der Waals surface area contributed by atoms with Crippen molar-refractivity contribution in [3.05, 3.63) is 30.5 Å². The number of pyridine rings is 1. The Bertz CT molecular complexity index is 845. The second-order valence-electron chi connectivity index (χ2n) is 7.21. The number of fused-ring (bicyclic) bond motifs is 1. The van der Waals surface area contributed by atoms with E-state index in [-0.39, 0.29) is 12.1 Å². The number of carbonyl (C=O) groups excluding carboxylic acids is 1. The van der Waals surface area contributed by atoms with Crippen LogP contribution in [0.5, 0.6) is 5.75 Å². The Kier molecular flexibility index (Phi) is 9.14. The minimum absolute atomic E-state index is 0.185. The van der Waals surface area contributed by atoms with E-state index >= 15 is 0 Å². The van der Waals surface area contributed by atoms with Crippen molar-refractivity contribution in [2.75, 3.05) is 25.5 Å². The molecule has 0 fully saturated rings. The summed E-state index contributed by atoms with van der Waals surface area (Å²) in [6.07, 6.45) is 4.28. The summed E-state index contributed by atoms with van der Waals surface area (Å²) in [4.78, 5) is 26.9. The number of nitrogens with zero attached hydrogens (tertiary/aromatic N) is 1. The number of hydrogen-bond acceptors (Lipinski definition) is 6. The van der Waals surface area contributed by atoms with Crippen LogP contribution < -0.4 is 26.4 Å². The number of carboxylic acid groups (broad SMARTS) is 1. The second-order valence-corrected chi connectivity index (χ2v) is 7.21. The van der Waals surface area contributed by atoms with Crippen molar-refractivity contribution in [2.24, 2.45) is 5.73 Å². The third-order valence-electron chi connectivity index (χ3n) is 4.71. The van der Waals surface area contributed by atoms with Crippen molar-refractivity contribution in [3.8, 4) is 5.75 Å². The van der Waals surface area contributed by atoms with E-state index in [0.29, 0.717) is 25.9 Å². The van der Waals surface area contributed by atoms with Gasteiger partial charge in [-0.1, -0.05) is 6.07 Å². The molecule has 0 saturated carbocycles. The molecule has 0 aliphatic rings. The molecule has 0 saturated heterocycles. The van der Waals surface area contributed by atoms with Crippen LogP contribution in [0.2, 0.25) is 0 Å². The Labute approximate surface area is 176 Å². The van der Waals surface area contributed by atoms with Crippen molar-refractivity contribution in [1.29, 1.82) is 0 Å². The Morgan fingerprint density at radius 3 is 2.57 bits per heavy atom. The standard InChI is InChI=1S/C21H31N5O4/c1-14(6-3-10-24-21(29)25-11-5-8-17(22)20(27)28)26-18-13-16(30-2)12-15-7-4-9-23-19(15)18/h4,7,9,12-14,17,26H,3,5-6,8,10-11,22H2,1-2H3,(H,27,28)(H2,24,25,29)/t14?,17-/m1/s1. The number of aliphatic carboxylic acids is 1. The molecule has 1 unspecified atom stereocenters. The van der Waals surface area contributed by atoms with Crippen LogP contribution in [-0.2, 0) is 4.79 Å². The number of nitrogens with one attached hydrogen (secondary N) is 3. The lowest BCUT2D eigenvalue weighted by atomic mass is 10.1. The minimum Gasteiger partial charge on any atom is -0.497 e. The largest absolute Gasteiger partial charge is 0.497 e. The zero-order chi connectivity index (χ0) is 21.9. The Morgan fingerprint density at radius 1 is 1.20 bits per heavy atom. The van der Waals surface area contributed by atoms with Crippen LogP contribution in [0.25, 0.3) is 10.9 Å². The summed E-state index contributed by atoms with van der Waals surface area (Å²) in [5, 5.41) is 18.7. The molecule has 1 aromatic heterocycles. The molecule has 0 spiro atoms. The van der Waals surface area contributed by atoms with Gasteiger partial charge in [-0.25, -0.2) is 4.79 Å². The summed E-state index contributed by atoms with van der Waals surface area (Å²) in [6.45, 7) is 3.02. The van der Waals surface area contributed by atoms with Crippen LogP contribution in [0.3, 0.4) is 0 Å². The van der Waals surface area contributed by atoms with E-state index in [2.05, 4.69) is 27.9 Å². The van der Waals surface area contributed by atoms with Crippen LogP contribution in [0.4, 0.5) is 10.5 Å². The van der Waals surface area contributed by atoms with Crippen molar-refractivity contribution < 1.29 is 19.4 Å². The quantitative estimate of drug-likeness (QED) is 0.334. The normalized spacial score (nSPS) is 12.8. The molecule has 164 valence electrons. The fourth-order valence-corrected chi connectivity index (χ4v) is 3.05. The number of methoxy groups -OCH3 is 1. The molecule has 0 radical (unpaired) electrons. The van der Waals surface area contributed by atoms with Crippen molar-refractivity contribution in [2.45, 2.75) is 44.7 Å². The molecule has 1 heterocycles. The molecule has 6 N–H and O–H groups in total. The highest BCUT2D eigenvalue weighted by molar-refractivity contribution is 5.91. The number of hydrogen-bond donors (Lipinski definition) is 5. The van der Waals surface area contributed by atoms with Gasteiger partial charge in [-0.05, 0) is 44.7 Å². The highest BCUT2D eigenvalue weighted by Crippen LogP contribution is 2.28. The monoisotopic (exact) mass is 417 g/mol. The average Bonchev–Trinajstić information content (AvgIpc) is 2.73. The van der Waals surface area contributed by atoms with Crippen LogP contribution in [-0.4, -0.2) is 54.4 Å². The number of urea groups is 1. The molecule has 0 aliphatic carbocycles. The van der Waals surface area contributed by atoms with Crippen LogP contribution in [0.1, 0.15) is 32.6 Å². The Morgan fingerprint density at radius 2 is 1.90 bits per heavy atom. The highest BCUT2D eigenvalue weighted by atomic mass is 16.5. The molecule has 2 aromatic rings. The third kappa shape index (κ3) is 7.40. The maximum Gasteiger partial charge on any atom is 0.320 e. The van der Waals surface area contributed by atoms with Gasteiger partial charge in [0.25, 0.3) is 0 Å². The predicted molar refractivity (Wildman–Crippen MR) is 117 cm³/mol. The van der Waals surface area contributed by atoms with E-state index in [9.17, 15) is 9.59 Å². The lowest BCUT2D eigenvalue weighted by Gasteiger charge is -2.17. The van der Waals surface area contributed by atoms with E-state index < -0.39 is 12.0 Å². The number of nitrogens with two attached hydrogens (primary N) is 1.